The van der Waals surface area contributed by atoms with Crippen LogP contribution in [0, 0.1) is 35.7 Å². The second-order valence-electron chi connectivity index (χ2n) is 5.82. The van der Waals surface area contributed by atoms with Crippen LogP contribution in [0.2, 0.25) is 0 Å². The van der Waals surface area contributed by atoms with Crippen molar-refractivity contribution < 1.29 is 22.7 Å². The lowest BCUT2D eigenvalue weighted by Gasteiger charge is -2.09. The minimum absolute atomic E-state index is 0.162. The van der Waals surface area contributed by atoms with E-state index in [1.807, 2.05) is 0 Å². The smallest absolute Gasteiger partial charge is 0.346 e. The SMILES string of the molecule is Cc1ccc(-c2ccc(C(=O)Oc3ccc(C#N)c(F)c3)c(F)c2)c(F)c1. The van der Waals surface area contributed by atoms with E-state index >= 15 is 0 Å². The number of aryl methyl sites for hydroxylation is 1. The molecule has 3 aromatic carbocycles. The summed E-state index contributed by atoms with van der Waals surface area (Å²) in [7, 11) is 0. The molecular weight excluding hydrogens is 355 g/mol. The average Bonchev–Trinajstić information content (AvgIpc) is 2.61. The molecule has 0 aliphatic carbocycles. The molecule has 0 atom stereocenters. The van der Waals surface area contributed by atoms with Gasteiger partial charge < -0.3 is 4.74 Å². The number of nitrogens with zero attached hydrogens (tertiary/aromatic N) is 1. The molecule has 0 aromatic heterocycles. The highest BCUT2D eigenvalue weighted by molar-refractivity contribution is 5.92. The molecule has 3 nitrogen and oxygen atoms in total. The summed E-state index contributed by atoms with van der Waals surface area (Å²) < 4.78 is 46.9. The van der Waals surface area contributed by atoms with Crippen molar-refractivity contribution in [1.29, 1.82) is 5.26 Å². The zero-order valence-corrected chi connectivity index (χ0v) is 14.1. The highest BCUT2D eigenvalue weighted by Crippen LogP contribution is 2.26. The maximum atomic E-state index is 14.4. The summed E-state index contributed by atoms with van der Waals surface area (Å²) in [6.45, 7) is 1.73. The quantitative estimate of drug-likeness (QED) is 0.474. The van der Waals surface area contributed by atoms with E-state index in [9.17, 15) is 18.0 Å². The van der Waals surface area contributed by atoms with Gasteiger partial charge in [0, 0.05) is 11.6 Å². The molecule has 0 amide bonds. The van der Waals surface area contributed by atoms with E-state index in [-0.39, 0.29) is 28.0 Å². The summed E-state index contributed by atoms with van der Waals surface area (Å²) in [4.78, 5) is 12.1. The Morgan fingerprint density at radius 2 is 1.70 bits per heavy atom. The molecule has 6 heteroatoms. The van der Waals surface area contributed by atoms with Gasteiger partial charge in [-0.25, -0.2) is 18.0 Å². The largest absolute Gasteiger partial charge is 0.423 e. The van der Waals surface area contributed by atoms with Crippen molar-refractivity contribution in [3.05, 3.63) is 88.7 Å². The Hall–Kier alpha value is -3.59. The third-order valence-electron chi connectivity index (χ3n) is 3.90. The van der Waals surface area contributed by atoms with Gasteiger partial charge in [-0.05, 0) is 48.4 Å². The van der Waals surface area contributed by atoms with Gasteiger partial charge in [-0.1, -0.05) is 18.2 Å². The molecule has 0 aliphatic heterocycles. The summed E-state index contributed by atoms with van der Waals surface area (Å²) in [6, 6.07) is 13.0. The Kier molecular flexibility index (Phi) is 4.95. The molecule has 0 aliphatic rings. The number of ether oxygens (including phenoxy) is 1. The lowest BCUT2D eigenvalue weighted by Crippen LogP contribution is -2.11. The van der Waals surface area contributed by atoms with E-state index in [0.717, 1.165) is 23.8 Å². The van der Waals surface area contributed by atoms with Crippen LogP contribution >= 0.6 is 0 Å². The monoisotopic (exact) mass is 367 g/mol. The molecule has 3 aromatic rings. The van der Waals surface area contributed by atoms with E-state index in [1.54, 1.807) is 19.1 Å². The highest BCUT2D eigenvalue weighted by atomic mass is 19.1. The molecule has 134 valence electrons. The van der Waals surface area contributed by atoms with Crippen molar-refractivity contribution in [2.24, 2.45) is 0 Å². The number of benzene rings is 3. The molecule has 0 saturated carbocycles. The van der Waals surface area contributed by atoms with Crippen molar-refractivity contribution in [3.63, 3.8) is 0 Å². The minimum atomic E-state index is -1.03. The van der Waals surface area contributed by atoms with Crippen LogP contribution in [0.4, 0.5) is 13.2 Å². The Morgan fingerprint density at radius 3 is 2.33 bits per heavy atom. The topological polar surface area (TPSA) is 50.1 Å². The van der Waals surface area contributed by atoms with E-state index in [1.165, 1.54) is 30.3 Å². The summed E-state index contributed by atoms with van der Waals surface area (Å²) in [5.74, 6) is -3.45. The predicted octanol–water partition coefficient (Wildman–Crippen LogP) is 5.17. The molecule has 3 rings (SSSR count). The van der Waals surface area contributed by atoms with Crippen LogP contribution in [-0.2, 0) is 0 Å². The van der Waals surface area contributed by atoms with Crippen LogP contribution in [0.15, 0.2) is 54.6 Å². The molecule has 0 heterocycles. The number of hydrogen-bond acceptors (Lipinski definition) is 3. The number of carbonyl (C=O) groups excluding carboxylic acids is 1. The Morgan fingerprint density at radius 1 is 0.926 bits per heavy atom. The second-order valence-corrected chi connectivity index (χ2v) is 5.82. The number of hydrogen-bond donors (Lipinski definition) is 0. The lowest BCUT2D eigenvalue weighted by atomic mass is 10.0. The van der Waals surface area contributed by atoms with E-state index in [2.05, 4.69) is 0 Å². The second kappa shape index (κ2) is 7.34. The lowest BCUT2D eigenvalue weighted by molar-refractivity contribution is 0.0729. The Balaban J connectivity index is 1.86. The van der Waals surface area contributed by atoms with Gasteiger partial charge in [-0.3, -0.25) is 0 Å². The number of rotatable bonds is 3. The molecule has 0 unspecified atom stereocenters. The van der Waals surface area contributed by atoms with Gasteiger partial charge in [0.2, 0.25) is 0 Å². The van der Waals surface area contributed by atoms with Crippen molar-refractivity contribution in [2.75, 3.05) is 0 Å². The number of carbonyl (C=O) groups is 1. The first-order valence-electron chi connectivity index (χ1n) is 7.87. The Labute approximate surface area is 153 Å². The van der Waals surface area contributed by atoms with Crippen LogP contribution in [0.3, 0.4) is 0 Å². The van der Waals surface area contributed by atoms with Gasteiger partial charge in [0.25, 0.3) is 0 Å². The fourth-order valence-electron chi connectivity index (χ4n) is 2.51. The van der Waals surface area contributed by atoms with Crippen LogP contribution in [0.25, 0.3) is 11.1 Å². The van der Waals surface area contributed by atoms with Gasteiger partial charge in [0.05, 0.1) is 11.1 Å². The summed E-state index contributed by atoms with van der Waals surface area (Å²) >= 11 is 0. The predicted molar refractivity (Wildman–Crippen MR) is 92.6 cm³/mol. The third kappa shape index (κ3) is 3.82. The maximum absolute atomic E-state index is 14.4. The van der Waals surface area contributed by atoms with Crippen LogP contribution in [0.5, 0.6) is 5.75 Å². The molecule has 0 fully saturated rings. The maximum Gasteiger partial charge on any atom is 0.346 e. The van der Waals surface area contributed by atoms with Gasteiger partial charge in [-0.15, -0.1) is 0 Å². The molecule has 0 bridgehead atoms. The zero-order chi connectivity index (χ0) is 19.6. The summed E-state index contributed by atoms with van der Waals surface area (Å²) in [5.41, 5.74) is 0.618. The fraction of sp³-hybridized carbons (Fsp3) is 0.0476. The van der Waals surface area contributed by atoms with Gasteiger partial charge >= 0.3 is 5.97 Å². The van der Waals surface area contributed by atoms with E-state index in [0.29, 0.717) is 0 Å². The van der Waals surface area contributed by atoms with Crippen molar-refractivity contribution in [2.45, 2.75) is 6.92 Å². The minimum Gasteiger partial charge on any atom is -0.423 e. The standard InChI is InChI=1S/C21H12F3NO2/c1-12-2-6-16(19(23)8-12)13-4-7-17(20(24)9-13)21(26)27-15-5-3-14(11-25)18(22)10-15/h2-10H,1H3. The first-order chi connectivity index (χ1) is 12.9. The Bertz CT molecular complexity index is 1090. The highest BCUT2D eigenvalue weighted by Gasteiger charge is 2.17. The molecule has 27 heavy (non-hydrogen) atoms. The molecular formula is C21H12F3NO2. The van der Waals surface area contributed by atoms with E-state index in [4.69, 9.17) is 10.00 Å². The van der Waals surface area contributed by atoms with Crippen molar-refractivity contribution in [1.82, 2.24) is 0 Å². The van der Waals surface area contributed by atoms with Crippen molar-refractivity contribution >= 4 is 5.97 Å². The average molecular weight is 367 g/mol. The van der Waals surface area contributed by atoms with Crippen LogP contribution in [-0.4, -0.2) is 5.97 Å². The zero-order valence-electron chi connectivity index (χ0n) is 14.1. The van der Waals surface area contributed by atoms with Crippen LogP contribution in [0.1, 0.15) is 21.5 Å². The molecule has 0 saturated heterocycles. The van der Waals surface area contributed by atoms with Gasteiger partial charge in [0.15, 0.2) is 0 Å². The normalized spacial score (nSPS) is 10.3. The molecule has 0 spiro atoms. The summed E-state index contributed by atoms with van der Waals surface area (Å²) in [6.07, 6.45) is 0. The first kappa shape index (κ1) is 18.2. The summed E-state index contributed by atoms with van der Waals surface area (Å²) in [5, 5.41) is 8.69. The van der Waals surface area contributed by atoms with Gasteiger partial charge in [0.1, 0.15) is 29.3 Å². The number of esters is 1. The number of nitriles is 1. The first-order valence-corrected chi connectivity index (χ1v) is 7.87. The van der Waals surface area contributed by atoms with Crippen LogP contribution < -0.4 is 4.74 Å². The third-order valence-corrected chi connectivity index (χ3v) is 3.90. The fourth-order valence-corrected chi connectivity index (χ4v) is 2.51. The molecule has 0 radical (unpaired) electrons. The molecule has 0 N–H and O–H groups in total. The van der Waals surface area contributed by atoms with Gasteiger partial charge in [-0.2, -0.15) is 5.26 Å². The number of halogens is 3. The van der Waals surface area contributed by atoms with E-state index < -0.39 is 23.4 Å². The van der Waals surface area contributed by atoms with Crippen molar-refractivity contribution in [3.8, 4) is 22.9 Å².